The Morgan fingerprint density at radius 2 is 1.27 bits per heavy atom. The van der Waals surface area contributed by atoms with Crippen LogP contribution in [0.1, 0.15) is 51.9 Å². The first-order valence-electron chi connectivity index (χ1n) is 4.62. The van der Waals surface area contributed by atoms with Gasteiger partial charge in [-0.3, -0.25) is 0 Å². The molecular weight excluding hydrogens is 136 g/mol. The monoisotopic (exact) mass is 160 g/mol. The molecular formula is C9H24N2. The highest BCUT2D eigenvalue weighted by Crippen LogP contribution is 2.05. The van der Waals surface area contributed by atoms with Crippen LogP contribution in [0.15, 0.2) is 0 Å². The lowest BCUT2D eigenvalue weighted by atomic mass is 10.1. The summed E-state index contributed by atoms with van der Waals surface area (Å²) in [4.78, 5) is 0. The van der Waals surface area contributed by atoms with Crippen molar-refractivity contribution >= 4 is 0 Å². The Labute approximate surface area is 71.1 Å². The lowest BCUT2D eigenvalue weighted by molar-refractivity contribution is 0.593. The third-order valence-electron chi connectivity index (χ3n) is 1.81. The summed E-state index contributed by atoms with van der Waals surface area (Å²) in [7, 11) is 0. The first kappa shape index (κ1) is 13.5. The Morgan fingerprint density at radius 3 is 1.73 bits per heavy atom. The zero-order valence-electron chi connectivity index (χ0n) is 7.94. The molecule has 70 valence electrons. The Bertz CT molecular complexity index is 47.5. The molecule has 0 saturated heterocycles. The number of hydrogen-bond acceptors (Lipinski definition) is 2. The van der Waals surface area contributed by atoms with E-state index >= 15 is 0 Å². The van der Waals surface area contributed by atoms with E-state index in [4.69, 9.17) is 5.73 Å². The molecule has 0 unspecified atom stereocenters. The zero-order chi connectivity index (χ0) is 7.66. The minimum absolute atomic E-state index is 0. The van der Waals surface area contributed by atoms with Gasteiger partial charge >= 0.3 is 0 Å². The van der Waals surface area contributed by atoms with Gasteiger partial charge in [0.1, 0.15) is 0 Å². The maximum absolute atomic E-state index is 5.37. The van der Waals surface area contributed by atoms with Crippen molar-refractivity contribution in [1.29, 1.82) is 0 Å². The van der Waals surface area contributed by atoms with Gasteiger partial charge < -0.3 is 11.9 Å². The maximum Gasteiger partial charge on any atom is -0.00773 e. The van der Waals surface area contributed by atoms with Crippen molar-refractivity contribution in [3.05, 3.63) is 0 Å². The van der Waals surface area contributed by atoms with E-state index < -0.39 is 0 Å². The molecule has 0 bridgehead atoms. The summed E-state index contributed by atoms with van der Waals surface area (Å²) in [5, 5.41) is 0. The second-order valence-electron chi connectivity index (χ2n) is 2.91. The van der Waals surface area contributed by atoms with Crippen molar-refractivity contribution < 1.29 is 0 Å². The van der Waals surface area contributed by atoms with Gasteiger partial charge in [0.25, 0.3) is 0 Å². The molecule has 0 amide bonds. The molecule has 0 saturated carbocycles. The summed E-state index contributed by atoms with van der Waals surface area (Å²) in [6.45, 7) is 3.12. The lowest BCUT2D eigenvalue weighted by Crippen LogP contribution is -1.97. The molecule has 0 heterocycles. The fourth-order valence-electron chi connectivity index (χ4n) is 1.10. The van der Waals surface area contributed by atoms with E-state index in [0.29, 0.717) is 0 Å². The van der Waals surface area contributed by atoms with Gasteiger partial charge in [-0.15, -0.1) is 0 Å². The molecule has 2 heteroatoms. The Kier molecular flexibility index (Phi) is 15.4. The molecule has 0 aliphatic heterocycles. The zero-order valence-corrected chi connectivity index (χ0v) is 7.94. The number of hydrogen-bond donors (Lipinski definition) is 2. The summed E-state index contributed by atoms with van der Waals surface area (Å²) in [6, 6.07) is 0. The predicted octanol–water partition coefficient (Wildman–Crippen LogP) is 2.86. The fourth-order valence-corrected chi connectivity index (χ4v) is 1.10. The number of nitrogens with two attached hydrogens (primary N) is 1. The summed E-state index contributed by atoms with van der Waals surface area (Å²) >= 11 is 0. The van der Waals surface area contributed by atoms with Gasteiger partial charge in [0.05, 0.1) is 0 Å². The van der Waals surface area contributed by atoms with Crippen molar-refractivity contribution in [3.63, 3.8) is 0 Å². The van der Waals surface area contributed by atoms with Crippen LogP contribution in [0, 0.1) is 0 Å². The van der Waals surface area contributed by atoms with Gasteiger partial charge in [-0.1, -0.05) is 45.4 Å². The van der Waals surface area contributed by atoms with E-state index in [9.17, 15) is 0 Å². The minimum Gasteiger partial charge on any atom is -0.344 e. The van der Waals surface area contributed by atoms with Gasteiger partial charge in [0, 0.05) is 0 Å². The molecule has 0 aliphatic rings. The molecule has 11 heavy (non-hydrogen) atoms. The van der Waals surface area contributed by atoms with Crippen LogP contribution in [0.5, 0.6) is 0 Å². The van der Waals surface area contributed by atoms with Crippen LogP contribution in [-0.2, 0) is 0 Å². The second kappa shape index (κ2) is 12.6. The molecule has 0 fully saturated rings. The van der Waals surface area contributed by atoms with Crippen molar-refractivity contribution in [3.8, 4) is 0 Å². The van der Waals surface area contributed by atoms with Crippen molar-refractivity contribution in [2.75, 3.05) is 6.54 Å². The van der Waals surface area contributed by atoms with Crippen LogP contribution in [0.3, 0.4) is 0 Å². The highest BCUT2D eigenvalue weighted by molar-refractivity contribution is 4.44. The summed E-state index contributed by atoms with van der Waals surface area (Å²) in [5.74, 6) is 0. The molecule has 0 spiro atoms. The third-order valence-corrected chi connectivity index (χ3v) is 1.81. The van der Waals surface area contributed by atoms with Crippen molar-refractivity contribution in [1.82, 2.24) is 6.15 Å². The van der Waals surface area contributed by atoms with Gasteiger partial charge in [0.2, 0.25) is 0 Å². The molecule has 0 aromatic carbocycles. The summed E-state index contributed by atoms with van der Waals surface area (Å²) in [5.41, 5.74) is 5.37. The molecule has 0 atom stereocenters. The highest BCUT2D eigenvalue weighted by atomic mass is 14.5. The van der Waals surface area contributed by atoms with E-state index in [1.54, 1.807) is 0 Å². The van der Waals surface area contributed by atoms with Crippen LogP contribution < -0.4 is 11.9 Å². The standard InChI is InChI=1S/C9H21N.H3N/c1-2-3-4-5-6-7-8-9-10;/h2-10H2,1H3;1H3. The van der Waals surface area contributed by atoms with Crippen molar-refractivity contribution in [2.45, 2.75) is 51.9 Å². The third kappa shape index (κ3) is 13.0. The van der Waals surface area contributed by atoms with Gasteiger partial charge in [-0.25, -0.2) is 0 Å². The summed E-state index contributed by atoms with van der Waals surface area (Å²) < 4.78 is 0. The second-order valence-corrected chi connectivity index (χ2v) is 2.91. The maximum atomic E-state index is 5.37. The first-order valence-corrected chi connectivity index (χ1v) is 4.62. The molecule has 0 aromatic rings. The summed E-state index contributed by atoms with van der Waals surface area (Å²) in [6.07, 6.45) is 9.51. The lowest BCUT2D eigenvalue weighted by Gasteiger charge is -1.97. The number of unbranched alkanes of at least 4 members (excludes halogenated alkanes) is 6. The average molecular weight is 160 g/mol. The van der Waals surface area contributed by atoms with E-state index in [2.05, 4.69) is 6.92 Å². The fraction of sp³-hybridized carbons (Fsp3) is 1.00. The molecule has 0 aromatic heterocycles. The molecule has 0 rings (SSSR count). The van der Waals surface area contributed by atoms with Crippen LogP contribution in [0.25, 0.3) is 0 Å². The quantitative estimate of drug-likeness (QED) is 0.562. The molecule has 0 aliphatic carbocycles. The highest BCUT2D eigenvalue weighted by Gasteiger charge is 1.87. The minimum atomic E-state index is 0. The van der Waals surface area contributed by atoms with E-state index in [1.807, 2.05) is 0 Å². The SMILES string of the molecule is CCCCCCCCCN.N. The van der Waals surface area contributed by atoms with Gasteiger partial charge in [0.15, 0.2) is 0 Å². The van der Waals surface area contributed by atoms with Gasteiger partial charge in [-0.05, 0) is 13.0 Å². The predicted molar refractivity (Wildman–Crippen MR) is 52.1 cm³/mol. The van der Waals surface area contributed by atoms with Gasteiger partial charge in [-0.2, -0.15) is 0 Å². The normalized spacial score (nSPS) is 9.27. The largest absolute Gasteiger partial charge is 0.344 e. The van der Waals surface area contributed by atoms with Crippen LogP contribution in [0.2, 0.25) is 0 Å². The van der Waals surface area contributed by atoms with E-state index in [0.717, 1.165) is 6.54 Å². The molecule has 2 nitrogen and oxygen atoms in total. The number of rotatable bonds is 7. The average Bonchev–Trinajstić information content (AvgIpc) is 1.97. The van der Waals surface area contributed by atoms with Crippen LogP contribution >= 0.6 is 0 Å². The van der Waals surface area contributed by atoms with E-state index in [1.165, 1.54) is 44.9 Å². The smallest absolute Gasteiger partial charge is 0.00773 e. The Balaban J connectivity index is 0. The van der Waals surface area contributed by atoms with Crippen molar-refractivity contribution in [2.24, 2.45) is 5.73 Å². The van der Waals surface area contributed by atoms with Crippen LogP contribution in [-0.4, -0.2) is 6.54 Å². The topological polar surface area (TPSA) is 61.0 Å². The Hall–Kier alpha value is -0.0800. The van der Waals surface area contributed by atoms with Crippen LogP contribution in [0.4, 0.5) is 0 Å². The molecule has 5 N–H and O–H groups in total. The van der Waals surface area contributed by atoms with E-state index in [-0.39, 0.29) is 6.15 Å². The first-order chi connectivity index (χ1) is 4.91. The molecule has 0 radical (unpaired) electrons. The Morgan fingerprint density at radius 1 is 0.818 bits per heavy atom.